The molecular weight excluding hydrogens is 236 g/mol. The number of furan rings is 1. The van der Waals surface area contributed by atoms with Gasteiger partial charge in [-0.2, -0.15) is 0 Å². The molecule has 0 aromatic carbocycles. The molecular formula is C16H26N2O. The van der Waals surface area contributed by atoms with Gasteiger partial charge < -0.3 is 14.6 Å². The molecule has 2 aliphatic rings. The lowest BCUT2D eigenvalue weighted by atomic mass is 10.0. The first-order valence-corrected chi connectivity index (χ1v) is 7.81. The molecule has 2 heterocycles. The summed E-state index contributed by atoms with van der Waals surface area (Å²) in [5, 5.41) is 3.74. The molecule has 3 rings (SSSR count). The van der Waals surface area contributed by atoms with Gasteiger partial charge in [0, 0.05) is 18.5 Å². The Balaban J connectivity index is 1.38. The molecule has 1 saturated heterocycles. The minimum absolute atomic E-state index is 0.593. The summed E-state index contributed by atoms with van der Waals surface area (Å²) in [4.78, 5) is 2.61. The lowest BCUT2D eigenvalue weighted by molar-refractivity contribution is 0.147. The van der Waals surface area contributed by atoms with Crippen LogP contribution in [0.1, 0.15) is 38.4 Å². The lowest BCUT2D eigenvalue weighted by Gasteiger charge is -2.36. The van der Waals surface area contributed by atoms with E-state index in [1.165, 1.54) is 45.3 Å². The van der Waals surface area contributed by atoms with E-state index in [1.807, 2.05) is 6.07 Å². The Morgan fingerprint density at radius 1 is 1.32 bits per heavy atom. The third-order valence-corrected chi connectivity index (χ3v) is 4.62. The predicted octanol–water partition coefficient (Wildman–Crippen LogP) is 2.67. The monoisotopic (exact) mass is 262 g/mol. The molecule has 1 N–H and O–H groups in total. The third kappa shape index (κ3) is 3.83. The zero-order valence-electron chi connectivity index (χ0n) is 12.0. The van der Waals surface area contributed by atoms with Crippen molar-refractivity contribution in [2.24, 2.45) is 5.92 Å². The van der Waals surface area contributed by atoms with E-state index in [1.54, 1.807) is 6.26 Å². The zero-order chi connectivity index (χ0) is 13.1. The van der Waals surface area contributed by atoms with Crippen molar-refractivity contribution in [1.82, 2.24) is 10.2 Å². The second-order valence-corrected chi connectivity index (χ2v) is 6.29. The minimum Gasteiger partial charge on any atom is -0.469 e. The molecule has 1 aromatic heterocycles. The SMILES string of the molecule is CC(Cc1ccco1)N1CCC(NCC2CC2)CC1. The average molecular weight is 262 g/mol. The van der Waals surface area contributed by atoms with E-state index in [0.717, 1.165) is 24.1 Å². The highest BCUT2D eigenvalue weighted by atomic mass is 16.3. The summed E-state index contributed by atoms with van der Waals surface area (Å²) < 4.78 is 5.45. The Bertz CT molecular complexity index is 364. The Hall–Kier alpha value is -0.800. The van der Waals surface area contributed by atoms with Crippen LogP contribution in [0.2, 0.25) is 0 Å². The molecule has 1 atom stereocenters. The van der Waals surface area contributed by atoms with Gasteiger partial charge >= 0.3 is 0 Å². The van der Waals surface area contributed by atoms with Gasteiger partial charge in [0.2, 0.25) is 0 Å². The molecule has 0 bridgehead atoms. The molecule has 1 aliphatic carbocycles. The van der Waals surface area contributed by atoms with Gasteiger partial charge in [-0.1, -0.05) is 0 Å². The summed E-state index contributed by atoms with van der Waals surface area (Å²) in [6, 6.07) is 5.42. The van der Waals surface area contributed by atoms with Crippen molar-refractivity contribution in [3.63, 3.8) is 0 Å². The molecule has 0 radical (unpaired) electrons. The van der Waals surface area contributed by atoms with Gasteiger partial charge in [-0.15, -0.1) is 0 Å². The van der Waals surface area contributed by atoms with Crippen LogP contribution in [0, 0.1) is 5.92 Å². The summed E-state index contributed by atoms with van der Waals surface area (Å²) in [6.45, 7) is 6.03. The fourth-order valence-corrected chi connectivity index (χ4v) is 3.05. The second-order valence-electron chi connectivity index (χ2n) is 6.29. The largest absolute Gasteiger partial charge is 0.469 e. The van der Waals surface area contributed by atoms with Crippen molar-refractivity contribution in [1.29, 1.82) is 0 Å². The molecule has 19 heavy (non-hydrogen) atoms. The molecule has 0 amide bonds. The van der Waals surface area contributed by atoms with Gasteiger partial charge in [0.1, 0.15) is 5.76 Å². The fraction of sp³-hybridized carbons (Fsp3) is 0.750. The van der Waals surface area contributed by atoms with Gasteiger partial charge in [0.05, 0.1) is 6.26 Å². The highest BCUT2D eigenvalue weighted by Crippen LogP contribution is 2.28. The van der Waals surface area contributed by atoms with Crippen LogP contribution in [0.5, 0.6) is 0 Å². The number of hydrogen-bond donors (Lipinski definition) is 1. The molecule has 106 valence electrons. The van der Waals surface area contributed by atoms with Crippen LogP contribution in [0.4, 0.5) is 0 Å². The van der Waals surface area contributed by atoms with Crippen molar-refractivity contribution >= 4 is 0 Å². The number of likely N-dealkylation sites (tertiary alicyclic amines) is 1. The third-order valence-electron chi connectivity index (χ3n) is 4.62. The van der Waals surface area contributed by atoms with Gasteiger partial charge in [0.25, 0.3) is 0 Å². The molecule has 3 heteroatoms. The van der Waals surface area contributed by atoms with E-state index in [9.17, 15) is 0 Å². The topological polar surface area (TPSA) is 28.4 Å². The van der Waals surface area contributed by atoms with E-state index in [4.69, 9.17) is 4.42 Å². The van der Waals surface area contributed by atoms with E-state index in [0.29, 0.717) is 6.04 Å². The van der Waals surface area contributed by atoms with Crippen LogP contribution >= 0.6 is 0 Å². The maximum absolute atomic E-state index is 5.45. The quantitative estimate of drug-likeness (QED) is 0.854. The van der Waals surface area contributed by atoms with Gasteiger partial charge in [-0.05, 0) is 70.3 Å². The highest BCUT2D eigenvalue weighted by molar-refractivity contribution is 5.00. The summed E-state index contributed by atoms with van der Waals surface area (Å²) >= 11 is 0. The van der Waals surface area contributed by atoms with E-state index in [-0.39, 0.29) is 0 Å². The standard InChI is InChI=1S/C16H26N2O/c1-13(11-16-3-2-10-19-16)18-8-6-15(7-9-18)17-12-14-4-5-14/h2-3,10,13-15,17H,4-9,11-12H2,1H3. The molecule has 1 aromatic rings. The highest BCUT2D eigenvalue weighted by Gasteiger charge is 2.26. The van der Waals surface area contributed by atoms with Crippen LogP contribution < -0.4 is 5.32 Å². The van der Waals surface area contributed by atoms with Crippen LogP contribution in [0.3, 0.4) is 0 Å². The fourth-order valence-electron chi connectivity index (χ4n) is 3.05. The Labute approximate surface area is 116 Å². The number of nitrogens with one attached hydrogen (secondary N) is 1. The first-order valence-electron chi connectivity index (χ1n) is 7.81. The van der Waals surface area contributed by atoms with Crippen molar-refractivity contribution in [2.75, 3.05) is 19.6 Å². The molecule has 0 spiro atoms. The maximum atomic E-state index is 5.45. The van der Waals surface area contributed by atoms with Crippen molar-refractivity contribution in [3.05, 3.63) is 24.2 Å². The Kier molecular flexibility index (Phi) is 4.24. The number of nitrogens with zero attached hydrogens (tertiary/aromatic N) is 1. The maximum Gasteiger partial charge on any atom is 0.105 e. The van der Waals surface area contributed by atoms with Crippen molar-refractivity contribution in [3.8, 4) is 0 Å². The number of hydrogen-bond acceptors (Lipinski definition) is 3. The molecule has 1 saturated carbocycles. The molecule has 1 aliphatic heterocycles. The van der Waals surface area contributed by atoms with E-state index in [2.05, 4.69) is 23.2 Å². The van der Waals surface area contributed by atoms with Gasteiger partial charge in [-0.3, -0.25) is 0 Å². The van der Waals surface area contributed by atoms with Gasteiger partial charge in [0.15, 0.2) is 0 Å². The molecule has 1 unspecified atom stereocenters. The number of rotatable bonds is 6. The summed E-state index contributed by atoms with van der Waals surface area (Å²) in [5.74, 6) is 2.11. The summed E-state index contributed by atoms with van der Waals surface area (Å²) in [6.07, 6.45) is 8.31. The van der Waals surface area contributed by atoms with E-state index >= 15 is 0 Å². The first kappa shape index (κ1) is 13.2. The smallest absolute Gasteiger partial charge is 0.105 e. The number of piperidine rings is 1. The van der Waals surface area contributed by atoms with Crippen LogP contribution in [-0.4, -0.2) is 36.6 Å². The van der Waals surface area contributed by atoms with Crippen LogP contribution in [0.25, 0.3) is 0 Å². The molecule has 3 nitrogen and oxygen atoms in total. The van der Waals surface area contributed by atoms with Crippen LogP contribution in [-0.2, 0) is 6.42 Å². The zero-order valence-corrected chi connectivity index (χ0v) is 12.0. The summed E-state index contributed by atoms with van der Waals surface area (Å²) in [7, 11) is 0. The predicted molar refractivity (Wildman–Crippen MR) is 77.2 cm³/mol. The van der Waals surface area contributed by atoms with Gasteiger partial charge in [-0.25, -0.2) is 0 Å². The molecule has 2 fully saturated rings. The van der Waals surface area contributed by atoms with Crippen LogP contribution in [0.15, 0.2) is 22.8 Å². The average Bonchev–Trinajstić information content (AvgIpc) is 3.13. The van der Waals surface area contributed by atoms with E-state index < -0.39 is 0 Å². The summed E-state index contributed by atoms with van der Waals surface area (Å²) in [5.41, 5.74) is 0. The minimum atomic E-state index is 0.593. The second kappa shape index (κ2) is 6.10. The first-order chi connectivity index (χ1) is 9.31. The van der Waals surface area contributed by atoms with Crippen molar-refractivity contribution in [2.45, 2.75) is 51.1 Å². The Morgan fingerprint density at radius 2 is 2.11 bits per heavy atom. The van der Waals surface area contributed by atoms with Crippen molar-refractivity contribution < 1.29 is 4.42 Å². The lowest BCUT2D eigenvalue weighted by Crippen LogP contribution is -2.46. The normalized spacial score (nSPS) is 23.6. The Morgan fingerprint density at radius 3 is 2.74 bits per heavy atom.